The lowest BCUT2D eigenvalue weighted by atomic mass is 10.2. The lowest BCUT2D eigenvalue weighted by Gasteiger charge is -2.34. The number of ether oxygens (including phenoxy) is 1. The van der Waals surface area contributed by atoms with Crippen molar-refractivity contribution in [1.29, 1.82) is 0 Å². The number of amides is 2. The van der Waals surface area contributed by atoms with Crippen molar-refractivity contribution in [3.05, 3.63) is 74.8 Å². The van der Waals surface area contributed by atoms with Crippen LogP contribution in [0.3, 0.4) is 0 Å². The molecule has 1 saturated heterocycles. The van der Waals surface area contributed by atoms with Gasteiger partial charge in [0, 0.05) is 36.8 Å². The summed E-state index contributed by atoms with van der Waals surface area (Å²) in [5.74, 6) is 0.948. The molecule has 1 aliphatic heterocycles. The van der Waals surface area contributed by atoms with Crippen molar-refractivity contribution in [2.45, 2.75) is 13.5 Å². The summed E-state index contributed by atoms with van der Waals surface area (Å²) in [6, 6.07) is 10.7. The van der Waals surface area contributed by atoms with E-state index in [0.717, 1.165) is 16.9 Å². The van der Waals surface area contributed by atoms with Crippen molar-refractivity contribution in [3.63, 3.8) is 0 Å². The van der Waals surface area contributed by atoms with Crippen molar-refractivity contribution in [2.24, 2.45) is 0 Å². The van der Waals surface area contributed by atoms with Crippen LogP contribution in [0.2, 0.25) is 5.02 Å². The molecule has 0 aliphatic carbocycles. The van der Waals surface area contributed by atoms with E-state index in [4.69, 9.17) is 20.8 Å². The number of thiophene rings is 1. The summed E-state index contributed by atoms with van der Waals surface area (Å²) in [5, 5.41) is 2.61. The molecule has 2 aromatic heterocycles. The number of halogens is 1. The fraction of sp³-hybridized carbons (Fsp3) is 0.273. The predicted molar refractivity (Wildman–Crippen MR) is 115 cm³/mol. The second-order valence-electron chi connectivity index (χ2n) is 7.08. The molecule has 8 heteroatoms. The zero-order chi connectivity index (χ0) is 21.1. The molecule has 0 unspecified atom stereocenters. The average molecular weight is 445 g/mol. The van der Waals surface area contributed by atoms with Crippen LogP contribution in [0.5, 0.6) is 5.75 Å². The van der Waals surface area contributed by atoms with E-state index < -0.39 is 0 Å². The van der Waals surface area contributed by atoms with Crippen molar-refractivity contribution in [1.82, 2.24) is 9.80 Å². The molecule has 0 bridgehead atoms. The molecule has 1 aromatic carbocycles. The van der Waals surface area contributed by atoms with Crippen molar-refractivity contribution in [2.75, 3.05) is 26.2 Å². The van der Waals surface area contributed by atoms with Gasteiger partial charge in [-0.3, -0.25) is 9.59 Å². The van der Waals surface area contributed by atoms with E-state index in [2.05, 4.69) is 0 Å². The smallest absolute Gasteiger partial charge is 0.289 e. The van der Waals surface area contributed by atoms with Gasteiger partial charge in [-0.15, -0.1) is 11.3 Å². The number of piperazine rings is 1. The van der Waals surface area contributed by atoms with Crippen molar-refractivity contribution in [3.8, 4) is 5.75 Å². The zero-order valence-electron chi connectivity index (χ0n) is 16.5. The van der Waals surface area contributed by atoms with Gasteiger partial charge in [0.2, 0.25) is 0 Å². The SMILES string of the molecule is Cc1cc(Cl)ccc1OCc1csc(C(=O)N2CCN(C(=O)c3ccco3)CC2)c1. The molecule has 30 heavy (non-hydrogen) atoms. The van der Waals surface area contributed by atoms with Gasteiger partial charge >= 0.3 is 0 Å². The Hall–Kier alpha value is -2.77. The summed E-state index contributed by atoms with van der Waals surface area (Å²) in [6.45, 7) is 4.31. The van der Waals surface area contributed by atoms with Gasteiger partial charge in [-0.05, 0) is 54.3 Å². The molecule has 0 saturated carbocycles. The van der Waals surface area contributed by atoms with Gasteiger partial charge in [-0.25, -0.2) is 0 Å². The Kier molecular flexibility index (Phi) is 6.11. The second-order valence-corrected chi connectivity index (χ2v) is 8.43. The number of carbonyl (C=O) groups is 2. The minimum atomic E-state index is -0.139. The molecule has 4 rings (SSSR count). The highest BCUT2D eigenvalue weighted by Gasteiger charge is 2.27. The molecule has 3 aromatic rings. The number of hydrogen-bond donors (Lipinski definition) is 0. The van der Waals surface area contributed by atoms with E-state index in [1.165, 1.54) is 17.6 Å². The molecule has 1 aliphatic rings. The Balaban J connectivity index is 1.31. The highest BCUT2D eigenvalue weighted by Crippen LogP contribution is 2.24. The van der Waals surface area contributed by atoms with Gasteiger partial charge < -0.3 is 19.0 Å². The summed E-state index contributed by atoms with van der Waals surface area (Å²) in [6.07, 6.45) is 1.49. The molecule has 2 amide bonds. The summed E-state index contributed by atoms with van der Waals surface area (Å²) in [4.78, 5) is 29.4. The van der Waals surface area contributed by atoms with Crippen LogP contribution in [-0.4, -0.2) is 47.8 Å². The van der Waals surface area contributed by atoms with E-state index in [0.29, 0.717) is 48.4 Å². The van der Waals surface area contributed by atoms with Crippen LogP contribution >= 0.6 is 22.9 Å². The number of carbonyl (C=O) groups excluding carboxylic acids is 2. The predicted octanol–water partition coefficient (Wildman–Crippen LogP) is 4.48. The van der Waals surface area contributed by atoms with Crippen LogP contribution < -0.4 is 4.74 Å². The summed E-state index contributed by atoms with van der Waals surface area (Å²) >= 11 is 7.39. The van der Waals surface area contributed by atoms with Crippen LogP contribution in [0, 0.1) is 6.92 Å². The standard InChI is InChI=1S/C22H21ClN2O4S/c1-15-11-17(23)4-5-18(15)29-13-16-12-20(30-14-16)22(27)25-8-6-24(7-9-25)21(26)19-3-2-10-28-19/h2-5,10-12,14H,6-9,13H2,1H3. The van der Waals surface area contributed by atoms with Crippen LogP contribution in [-0.2, 0) is 6.61 Å². The maximum Gasteiger partial charge on any atom is 0.289 e. The van der Waals surface area contributed by atoms with E-state index in [1.807, 2.05) is 30.5 Å². The highest BCUT2D eigenvalue weighted by atomic mass is 35.5. The monoisotopic (exact) mass is 444 g/mol. The Morgan fingerprint density at radius 3 is 2.50 bits per heavy atom. The molecule has 0 spiro atoms. The van der Waals surface area contributed by atoms with Gasteiger partial charge in [0.1, 0.15) is 12.4 Å². The van der Waals surface area contributed by atoms with Crippen LogP contribution in [0.25, 0.3) is 0 Å². The molecular weight excluding hydrogens is 424 g/mol. The third-order valence-electron chi connectivity index (χ3n) is 4.98. The molecule has 156 valence electrons. The largest absolute Gasteiger partial charge is 0.489 e. The summed E-state index contributed by atoms with van der Waals surface area (Å²) in [5.41, 5.74) is 1.92. The lowest BCUT2D eigenvalue weighted by molar-refractivity contribution is 0.0520. The quantitative estimate of drug-likeness (QED) is 0.582. The molecular formula is C22H21ClN2O4S. The fourth-order valence-corrected chi connectivity index (χ4v) is 4.41. The van der Waals surface area contributed by atoms with E-state index >= 15 is 0 Å². The summed E-state index contributed by atoms with van der Waals surface area (Å²) in [7, 11) is 0. The number of rotatable bonds is 5. The third kappa shape index (κ3) is 4.52. The molecule has 0 N–H and O–H groups in total. The molecule has 1 fully saturated rings. The number of nitrogens with zero attached hydrogens (tertiary/aromatic N) is 2. The normalized spacial score (nSPS) is 14.1. The van der Waals surface area contributed by atoms with E-state index in [9.17, 15) is 9.59 Å². The van der Waals surface area contributed by atoms with Crippen LogP contribution in [0.4, 0.5) is 0 Å². The van der Waals surface area contributed by atoms with Crippen LogP contribution in [0.1, 0.15) is 31.4 Å². The first-order chi connectivity index (χ1) is 14.5. The fourth-order valence-electron chi connectivity index (χ4n) is 3.32. The Labute approximate surface area is 183 Å². The highest BCUT2D eigenvalue weighted by molar-refractivity contribution is 7.12. The average Bonchev–Trinajstić information content (AvgIpc) is 3.45. The van der Waals surface area contributed by atoms with Gasteiger partial charge in [0.15, 0.2) is 5.76 Å². The first kappa shape index (κ1) is 20.5. The molecule has 6 nitrogen and oxygen atoms in total. The number of furan rings is 1. The minimum absolute atomic E-state index is 0.0148. The molecule has 0 radical (unpaired) electrons. The van der Waals surface area contributed by atoms with E-state index in [1.54, 1.807) is 28.0 Å². The Bertz CT molecular complexity index is 1040. The number of aryl methyl sites for hydroxylation is 1. The van der Waals surface area contributed by atoms with Gasteiger partial charge in [-0.1, -0.05) is 11.6 Å². The second kappa shape index (κ2) is 8.93. The topological polar surface area (TPSA) is 63.0 Å². The van der Waals surface area contributed by atoms with Gasteiger partial charge in [0.05, 0.1) is 11.1 Å². The summed E-state index contributed by atoms with van der Waals surface area (Å²) < 4.78 is 11.0. The van der Waals surface area contributed by atoms with Crippen molar-refractivity contribution < 1.29 is 18.7 Å². The number of hydrogen-bond acceptors (Lipinski definition) is 5. The van der Waals surface area contributed by atoms with Crippen molar-refractivity contribution >= 4 is 34.8 Å². The Morgan fingerprint density at radius 2 is 1.83 bits per heavy atom. The first-order valence-corrected chi connectivity index (χ1v) is 10.9. The maximum absolute atomic E-state index is 12.8. The molecule has 3 heterocycles. The molecule has 0 atom stereocenters. The number of benzene rings is 1. The zero-order valence-corrected chi connectivity index (χ0v) is 18.0. The maximum atomic E-state index is 12.8. The van der Waals surface area contributed by atoms with Crippen LogP contribution in [0.15, 0.2) is 52.5 Å². The lowest BCUT2D eigenvalue weighted by Crippen LogP contribution is -2.50. The minimum Gasteiger partial charge on any atom is -0.489 e. The van der Waals surface area contributed by atoms with Gasteiger partial charge in [-0.2, -0.15) is 0 Å². The van der Waals surface area contributed by atoms with E-state index in [-0.39, 0.29) is 11.8 Å². The third-order valence-corrected chi connectivity index (χ3v) is 6.18. The Morgan fingerprint density at radius 1 is 1.10 bits per heavy atom. The first-order valence-electron chi connectivity index (χ1n) is 9.59. The van der Waals surface area contributed by atoms with Gasteiger partial charge in [0.25, 0.3) is 11.8 Å².